The predicted octanol–water partition coefficient (Wildman–Crippen LogP) is 4.95. The van der Waals surface area contributed by atoms with Crippen molar-refractivity contribution in [3.63, 3.8) is 0 Å². The lowest BCUT2D eigenvalue weighted by molar-refractivity contribution is -0.194. The first-order valence-corrected chi connectivity index (χ1v) is 11.8. The number of aliphatic hydroxyl groups excluding tert-OH is 1. The number of hydrogen-bond acceptors (Lipinski definition) is 1. The van der Waals surface area contributed by atoms with Gasteiger partial charge in [0, 0.05) is 13.5 Å². The van der Waals surface area contributed by atoms with Crippen LogP contribution in [-0.2, 0) is 0 Å². The molecule has 3 aliphatic rings. The first kappa shape index (κ1) is 16.3. The molecule has 3 fully saturated rings. The summed E-state index contributed by atoms with van der Waals surface area (Å²) in [5.74, 6) is 1.16. The normalized spacial score (nSPS) is 40.5. The molecule has 2 bridgehead atoms. The van der Waals surface area contributed by atoms with Gasteiger partial charge in [0.05, 0.1) is 6.10 Å². The summed E-state index contributed by atoms with van der Waals surface area (Å²) in [7, 11) is -1.25. The molecular weight excluding hydrogens is 260 g/mol. The van der Waals surface area contributed by atoms with Gasteiger partial charge in [0.2, 0.25) is 0 Å². The van der Waals surface area contributed by atoms with E-state index in [0.717, 1.165) is 6.42 Å². The Hall–Kier alpha value is -0.0831. The highest BCUT2D eigenvalue weighted by atomic mass is 28.3. The average Bonchev–Trinajstić information content (AvgIpc) is 2.15. The maximum Gasteiger partial charge on any atom is 0.0639 e. The monoisotopic (exact) mass is 294 g/mol. The van der Waals surface area contributed by atoms with Crippen molar-refractivity contribution < 1.29 is 5.11 Å². The number of aliphatic hydroxyl groups is 1. The second kappa shape index (κ2) is 4.22. The summed E-state index contributed by atoms with van der Waals surface area (Å²) in [4.78, 5) is 0. The van der Waals surface area contributed by atoms with Crippen molar-refractivity contribution in [3.05, 3.63) is 12.2 Å². The van der Waals surface area contributed by atoms with E-state index in [0.29, 0.717) is 11.8 Å². The van der Waals surface area contributed by atoms with Crippen LogP contribution in [0.1, 0.15) is 41.0 Å². The minimum Gasteiger partial charge on any atom is -0.392 e. The highest BCUT2D eigenvalue weighted by molar-refractivity contribution is 6.76. The molecule has 1 N–H and O–H groups in total. The molecule has 0 aliphatic heterocycles. The molecule has 20 heavy (non-hydrogen) atoms. The fourth-order valence-corrected chi connectivity index (χ4v) is 7.97. The van der Waals surface area contributed by atoms with E-state index in [2.05, 4.69) is 60.8 Å². The topological polar surface area (TPSA) is 20.2 Å². The predicted molar refractivity (Wildman–Crippen MR) is 90.6 cm³/mol. The lowest BCUT2D eigenvalue weighted by Gasteiger charge is -2.73. The van der Waals surface area contributed by atoms with Gasteiger partial charge in [0.1, 0.15) is 0 Å². The van der Waals surface area contributed by atoms with Gasteiger partial charge in [-0.15, -0.1) is 0 Å². The summed E-state index contributed by atoms with van der Waals surface area (Å²) in [5.41, 5.74) is 1.80. The van der Waals surface area contributed by atoms with Crippen molar-refractivity contribution in [1.82, 2.24) is 0 Å². The third-order valence-corrected chi connectivity index (χ3v) is 7.42. The van der Waals surface area contributed by atoms with Crippen molar-refractivity contribution >= 4 is 8.07 Å². The van der Waals surface area contributed by atoms with Crippen molar-refractivity contribution in [2.75, 3.05) is 0 Å². The van der Waals surface area contributed by atoms with Crippen LogP contribution in [0.2, 0.25) is 25.7 Å². The van der Waals surface area contributed by atoms with E-state index >= 15 is 0 Å². The highest BCUT2D eigenvalue weighted by Crippen LogP contribution is 2.74. The molecule has 1 nitrogen and oxygen atoms in total. The van der Waals surface area contributed by atoms with Crippen LogP contribution in [-0.4, -0.2) is 19.3 Å². The largest absolute Gasteiger partial charge is 0.392 e. The van der Waals surface area contributed by atoms with Crippen molar-refractivity contribution in [1.29, 1.82) is 0 Å². The maximum atomic E-state index is 11.0. The maximum absolute atomic E-state index is 11.0. The van der Waals surface area contributed by atoms with Crippen LogP contribution in [0.4, 0.5) is 0 Å². The summed E-state index contributed by atoms with van der Waals surface area (Å²) >= 11 is 0. The zero-order valence-electron chi connectivity index (χ0n) is 14.8. The quantitative estimate of drug-likeness (QED) is 0.564. The molecule has 0 aromatic carbocycles. The Bertz CT molecular complexity index is 424. The molecule has 116 valence electrons. The van der Waals surface area contributed by atoms with E-state index in [1.807, 2.05) is 0 Å². The first-order valence-electron chi connectivity index (χ1n) is 8.11. The van der Waals surface area contributed by atoms with Crippen LogP contribution in [0.3, 0.4) is 0 Å². The van der Waals surface area contributed by atoms with Gasteiger partial charge in [-0.2, -0.15) is 0 Å². The molecule has 0 spiro atoms. The summed E-state index contributed by atoms with van der Waals surface area (Å²) < 4.78 is 0. The fraction of sp³-hybridized carbons (Fsp3) is 0.889. The third kappa shape index (κ3) is 2.14. The van der Waals surface area contributed by atoms with Gasteiger partial charge in [0.15, 0.2) is 0 Å². The van der Waals surface area contributed by atoms with Gasteiger partial charge in [-0.05, 0) is 35.1 Å². The van der Waals surface area contributed by atoms with Gasteiger partial charge >= 0.3 is 0 Å². The minimum atomic E-state index is -1.25. The fourth-order valence-electron chi connectivity index (χ4n) is 5.53. The second-order valence-electron chi connectivity index (χ2n) is 10.3. The summed E-state index contributed by atoms with van der Waals surface area (Å²) in [6.45, 7) is 23.4. The molecule has 2 heteroatoms. The van der Waals surface area contributed by atoms with Gasteiger partial charge < -0.3 is 5.11 Å². The van der Waals surface area contributed by atoms with Crippen LogP contribution in [0.5, 0.6) is 0 Å². The molecule has 4 atom stereocenters. The van der Waals surface area contributed by atoms with Gasteiger partial charge in [-0.3, -0.25) is 0 Å². The average molecular weight is 295 g/mol. The SMILES string of the molecule is C=C1[C@H]2[C@@H](C(C)(C)C)[C@]1(C[Si](C)(C)C)[C@H](O)CC2(C)C. The van der Waals surface area contributed by atoms with Crippen LogP contribution in [0.25, 0.3) is 0 Å². The van der Waals surface area contributed by atoms with Gasteiger partial charge in [-0.25, -0.2) is 0 Å². The van der Waals surface area contributed by atoms with Crippen LogP contribution < -0.4 is 0 Å². The van der Waals surface area contributed by atoms with Crippen molar-refractivity contribution in [2.24, 2.45) is 28.1 Å². The molecule has 0 amide bonds. The first-order chi connectivity index (χ1) is 8.73. The third-order valence-electron chi connectivity index (χ3n) is 5.77. The standard InChI is InChI=1S/C18H34OSi/c1-12-14-15(16(2,3)4)18(12,11-20(7,8)9)13(19)10-17(14,5)6/h13-15,19H,1,10-11H2,2-9H3/t13-,14+,15+,18+/m1/s1. The minimum absolute atomic E-state index is 0.00289. The van der Waals surface area contributed by atoms with E-state index < -0.39 is 8.07 Å². The van der Waals surface area contributed by atoms with Crippen molar-refractivity contribution in [3.8, 4) is 0 Å². The Kier molecular flexibility index (Phi) is 3.44. The summed E-state index contributed by atoms with van der Waals surface area (Å²) in [5, 5.41) is 11.0. The molecule has 0 heterocycles. The summed E-state index contributed by atoms with van der Waals surface area (Å²) in [6.07, 6.45) is 0.735. The summed E-state index contributed by atoms with van der Waals surface area (Å²) in [6, 6.07) is 1.19. The Morgan fingerprint density at radius 3 is 2.10 bits per heavy atom. The molecule has 3 saturated carbocycles. The molecule has 0 saturated heterocycles. The lowest BCUT2D eigenvalue weighted by Crippen LogP contribution is -2.70. The number of rotatable bonds is 2. The molecule has 0 aromatic heterocycles. The molecular formula is C18H34OSi. The van der Waals surface area contributed by atoms with Crippen molar-refractivity contribution in [2.45, 2.75) is 72.8 Å². The molecule has 3 rings (SSSR count). The lowest BCUT2D eigenvalue weighted by atomic mass is 9.34. The Morgan fingerprint density at radius 2 is 1.75 bits per heavy atom. The van der Waals surface area contributed by atoms with E-state index in [4.69, 9.17) is 0 Å². The zero-order valence-corrected chi connectivity index (χ0v) is 15.8. The van der Waals surface area contributed by atoms with E-state index in [-0.39, 0.29) is 22.3 Å². The second-order valence-corrected chi connectivity index (χ2v) is 15.8. The van der Waals surface area contributed by atoms with Gasteiger partial charge in [0.25, 0.3) is 0 Å². The Labute approximate surface area is 126 Å². The van der Waals surface area contributed by atoms with E-state index in [1.165, 1.54) is 11.6 Å². The van der Waals surface area contributed by atoms with E-state index in [9.17, 15) is 5.11 Å². The van der Waals surface area contributed by atoms with E-state index in [1.54, 1.807) is 0 Å². The Balaban J connectivity index is 2.51. The molecule has 0 unspecified atom stereocenters. The van der Waals surface area contributed by atoms with Crippen LogP contribution >= 0.6 is 0 Å². The number of fused-ring (bicyclic) bond motifs is 2. The van der Waals surface area contributed by atoms with Gasteiger partial charge in [-0.1, -0.05) is 66.4 Å². The molecule has 0 radical (unpaired) electrons. The molecule has 0 aromatic rings. The zero-order chi connectivity index (χ0) is 15.7. The number of hydrogen-bond donors (Lipinski definition) is 1. The Morgan fingerprint density at radius 1 is 1.25 bits per heavy atom. The smallest absolute Gasteiger partial charge is 0.0639 e. The van der Waals surface area contributed by atoms with Crippen LogP contribution in [0.15, 0.2) is 12.2 Å². The highest BCUT2D eigenvalue weighted by Gasteiger charge is 2.71. The van der Waals surface area contributed by atoms with Crippen LogP contribution in [0, 0.1) is 28.1 Å². The molecule has 3 aliphatic carbocycles.